The zero-order valence-corrected chi connectivity index (χ0v) is 13.5. The van der Waals surface area contributed by atoms with Crippen molar-refractivity contribution in [3.63, 3.8) is 0 Å². The normalized spacial score (nSPS) is 26.7. The molecule has 118 valence electrons. The molecule has 1 aromatic carbocycles. The summed E-state index contributed by atoms with van der Waals surface area (Å²) < 4.78 is 27.7. The van der Waals surface area contributed by atoms with Crippen molar-refractivity contribution in [3.8, 4) is 0 Å². The maximum Gasteiger partial charge on any atom is 0.212 e. The van der Waals surface area contributed by atoms with Crippen LogP contribution in [0.1, 0.15) is 38.2 Å². The maximum atomic E-state index is 12.4. The van der Waals surface area contributed by atoms with Gasteiger partial charge in [-0.15, -0.1) is 0 Å². The standard InChI is InChI=1S/C16H26N2O2S/c1-14-6-5-10-16(12-14,13-17)18-21(19,20)11-9-15-7-3-2-4-8-15/h2-4,7-8,14,18H,5-6,9-13,17H2,1H3. The molecule has 0 bridgehead atoms. The van der Waals surface area contributed by atoms with Gasteiger partial charge < -0.3 is 5.73 Å². The van der Waals surface area contributed by atoms with Gasteiger partial charge in [0.15, 0.2) is 0 Å². The molecule has 2 rings (SSSR count). The van der Waals surface area contributed by atoms with E-state index in [9.17, 15) is 8.42 Å². The summed E-state index contributed by atoms with van der Waals surface area (Å²) in [6.07, 6.45) is 4.42. The summed E-state index contributed by atoms with van der Waals surface area (Å²) in [4.78, 5) is 0. The van der Waals surface area contributed by atoms with E-state index in [1.165, 1.54) is 0 Å². The van der Waals surface area contributed by atoms with Gasteiger partial charge in [-0.25, -0.2) is 13.1 Å². The molecule has 0 aliphatic heterocycles. The molecule has 0 spiro atoms. The summed E-state index contributed by atoms with van der Waals surface area (Å²) in [5, 5.41) is 0. The summed E-state index contributed by atoms with van der Waals surface area (Å²) in [5.41, 5.74) is 6.49. The second-order valence-electron chi connectivity index (χ2n) is 6.34. The lowest BCUT2D eigenvalue weighted by molar-refractivity contribution is 0.223. The predicted molar refractivity (Wildman–Crippen MR) is 86.5 cm³/mol. The fourth-order valence-electron chi connectivity index (χ4n) is 3.26. The van der Waals surface area contributed by atoms with Gasteiger partial charge in [-0.2, -0.15) is 0 Å². The lowest BCUT2D eigenvalue weighted by Crippen LogP contribution is -2.56. The molecule has 0 radical (unpaired) electrons. The number of nitrogens with one attached hydrogen (secondary N) is 1. The molecule has 1 saturated carbocycles. The molecular weight excluding hydrogens is 284 g/mol. The van der Waals surface area contributed by atoms with E-state index < -0.39 is 15.6 Å². The van der Waals surface area contributed by atoms with E-state index in [1.807, 2.05) is 30.3 Å². The van der Waals surface area contributed by atoms with Crippen LogP contribution in [0.2, 0.25) is 0 Å². The van der Waals surface area contributed by atoms with E-state index in [0.717, 1.165) is 31.2 Å². The van der Waals surface area contributed by atoms with Gasteiger partial charge in [-0.05, 0) is 30.7 Å². The molecular formula is C16H26N2O2S. The van der Waals surface area contributed by atoms with Crippen LogP contribution in [0.25, 0.3) is 0 Å². The van der Waals surface area contributed by atoms with Crippen molar-refractivity contribution >= 4 is 10.0 Å². The third kappa shape index (κ3) is 4.80. The van der Waals surface area contributed by atoms with Gasteiger partial charge in [0.05, 0.1) is 5.75 Å². The Morgan fingerprint density at radius 1 is 1.33 bits per heavy atom. The van der Waals surface area contributed by atoms with Crippen molar-refractivity contribution in [1.29, 1.82) is 0 Å². The summed E-state index contributed by atoms with van der Waals surface area (Å²) in [7, 11) is -3.30. The third-order valence-corrected chi connectivity index (χ3v) is 5.84. The maximum absolute atomic E-state index is 12.4. The van der Waals surface area contributed by atoms with Crippen molar-refractivity contribution in [3.05, 3.63) is 35.9 Å². The Morgan fingerprint density at radius 3 is 2.67 bits per heavy atom. The number of rotatable bonds is 6. The highest BCUT2D eigenvalue weighted by Crippen LogP contribution is 2.32. The quantitative estimate of drug-likeness (QED) is 0.845. The molecule has 2 unspecified atom stereocenters. The van der Waals surface area contributed by atoms with Crippen molar-refractivity contribution in [2.75, 3.05) is 12.3 Å². The largest absolute Gasteiger partial charge is 0.329 e. The van der Waals surface area contributed by atoms with Crippen LogP contribution in [-0.2, 0) is 16.4 Å². The molecule has 4 nitrogen and oxygen atoms in total. The van der Waals surface area contributed by atoms with Gasteiger partial charge in [-0.1, -0.05) is 50.1 Å². The van der Waals surface area contributed by atoms with Crippen molar-refractivity contribution < 1.29 is 8.42 Å². The van der Waals surface area contributed by atoms with Crippen LogP contribution >= 0.6 is 0 Å². The molecule has 1 aliphatic carbocycles. The minimum atomic E-state index is -3.30. The average Bonchev–Trinajstić information content (AvgIpc) is 2.46. The molecule has 5 heteroatoms. The van der Waals surface area contributed by atoms with Gasteiger partial charge in [0.2, 0.25) is 10.0 Å². The first-order valence-corrected chi connectivity index (χ1v) is 9.36. The number of hydrogen-bond acceptors (Lipinski definition) is 3. The zero-order valence-electron chi connectivity index (χ0n) is 12.7. The fraction of sp³-hybridized carbons (Fsp3) is 0.625. The SMILES string of the molecule is CC1CCCC(CN)(NS(=O)(=O)CCc2ccccc2)C1. The van der Waals surface area contributed by atoms with Crippen molar-refractivity contribution in [2.24, 2.45) is 11.7 Å². The molecule has 1 fully saturated rings. The van der Waals surface area contributed by atoms with Gasteiger partial charge in [-0.3, -0.25) is 0 Å². The molecule has 1 aromatic rings. The lowest BCUT2D eigenvalue weighted by Gasteiger charge is -2.39. The van der Waals surface area contributed by atoms with E-state index in [4.69, 9.17) is 5.73 Å². The number of aryl methyl sites for hydroxylation is 1. The van der Waals surface area contributed by atoms with Crippen LogP contribution in [0.3, 0.4) is 0 Å². The van der Waals surface area contributed by atoms with E-state index in [1.54, 1.807) is 0 Å². The van der Waals surface area contributed by atoms with Gasteiger partial charge in [0.25, 0.3) is 0 Å². The average molecular weight is 310 g/mol. The Kier molecular flexibility index (Phi) is 5.41. The Hall–Kier alpha value is -0.910. The third-order valence-electron chi connectivity index (χ3n) is 4.36. The Morgan fingerprint density at radius 2 is 2.05 bits per heavy atom. The smallest absolute Gasteiger partial charge is 0.212 e. The van der Waals surface area contributed by atoms with E-state index >= 15 is 0 Å². The van der Waals surface area contributed by atoms with Crippen molar-refractivity contribution in [2.45, 2.75) is 44.6 Å². The second-order valence-corrected chi connectivity index (χ2v) is 8.18. The minimum absolute atomic E-state index is 0.118. The first kappa shape index (κ1) is 16.5. The van der Waals surface area contributed by atoms with E-state index in [2.05, 4.69) is 11.6 Å². The van der Waals surface area contributed by atoms with Crippen LogP contribution in [0.4, 0.5) is 0 Å². The predicted octanol–water partition coefficient (Wildman–Crippen LogP) is 2.06. The highest BCUT2D eigenvalue weighted by molar-refractivity contribution is 7.89. The molecule has 21 heavy (non-hydrogen) atoms. The first-order valence-electron chi connectivity index (χ1n) is 7.70. The molecule has 0 aromatic heterocycles. The molecule has 0 amide bonds. The highest BCUT2D eigenvalue weighted by Gasteiger charge is 2.36. The number of nitrogens with two attached hydrogens (primary N) is 1. The summed E-state index contributed by atoms with van der Waals surface area (Å²) in [6, 6.07) is 9.70. The number of benzene rings is 1. The van der Waals surface area contributed by atoms with Crippen molar-refractivity contribution in [1.82, 2.24) is 4.72 Å². The number of hydrogen-bond donors (Lipinski definition) is 2. The summed E-state index contributed by atoms with van der Waals surface area (Å²) in [6.45, 7) is 2.55. The van der Waals surface area contributed by atoms with Crippen LogP contribution < -0.4 is 10.5 Å². The van der Waals surface area contributed by atoms with Crippen LogP contribution in [0, 0.1) is 5.92 Å². The molecule has 2 atom stereocenters. The lowest BCUT2D eigenvalue weighted by atomic mass is 9.77. The van der Waals surface area contributed by atoms with E-state index in [-0.39, 0.29) is 5.75 Å². The molecule has 0 saturated heterocycles. The monoisotopic (exact) mass is 310 g/mol. The van der Waals surface area contributed by atoms with Crippen LogP contribution in [0.5, 0.6) is 0 Å². The first-order chi connectivity index (χ1) is 9.95. The number of sulfonamides is 1. The Labute approximate surface area is 128 Å². The molecule has 1 aliphatic rings. The van der Waals surface area contributed by atoms with Gasteiger partial charge >= 0.3 is 0 Å². The highest BCUT2D eigenvalue weighted by atomic mass is 32.2. The zero-order chi connectivity index (χ0) is 15.3. The second kappa shape index (κ2) is 6.90. The van der Waals surface area contributed by atoms with Gasteiger partial charge in [0.1, 0.15) is 0 Å². The molecule has 3 N–H and O–H groups in total. The molecule has 0 heterocycles. The van der Waals surface area contributed by atoms with Crippen LogP contribution in [0.15, 0.2) is 30.3 Å². The summed E-state index contributed by atoms with van der Waals surface area (Å²) in [5.74, 6) is 0.645. The summed E-state index contributed by atoms with van der Waals surface area (Å²) >= 11 is 0. The Balaban J connectivity index is 1.99. The van der Waals surface area contributed by atoms with E-state index in [0.29, 0.717) is 18.9 Å². The fourth-order valence-corrected chi connectivity index (χ4v) is 4.79. The topological polar surface area (TPSA) is 72.2 Å². The minimum Gasteiger partial charge on any atom is -0.329 e. The van der Waals surface area contributed by atoms with Crippen LogP contribution in [-0.4, -0.2) is 26.3 Å². The van der Waals surface area contributed by atoms with Gasteiger partial charge in [0, 0.05) is 12.1 Å². The Bertz CT molecular complexity index is 545.